The summed E-state index contributed by atoms with van der Waals surface area (Å²) in [5.74, 6) is 2.30. The van der Waals surface area contributed by atoms with Crippen molar-refractivity contribution in [2.75, 3.05) is 5.75 Å². The topological polar surface area (TPSA) is 23.8 Å². The van der Waals surface area contributed by atoms with E-state index in [-0.39, 0.29) is 0 Å². The van der Waals surface area contributed by atoms with Crippen LogP contribution in [0.5, 0.6) is 0 Å². The maximum absolute atomic E-state index is 8.96. The van der Waals surface area contributed by atoms with E-state index in [1.807, 2.05) is 11.8 Å². The summed E-state index contributed by atoms with van der Waals surface area (Å²) in [4.78, 5) is 0. The summed E-state index contributed by atoms with van der Waals surface area (Å²) in [5.41, 5.74) is 0. The first-order valence-corrected chi connectivity index (χ1v) is 6.30. The average Bonchev–Trinajstić information content (AvgIpc) is 2.15. The van der Waals surface area contributed by atoms with Crippen LogP contribution in [0.25, 0.3) is 0 Å². The zero-order chi connectivity index (χ0) is 9.68. The molecule has 2 atom stereocenters. The zero-order valence-electron chi connectivity index (χ0n) is 8.62. The van der Waals surface area contributed by atoms with Crippen molar-refractivity contribution in [2.24, 2.45) is 11.8 Å². The van der Waals surface area contributed by atoms with Crippen LogP contribution in [0, 0.1) is 23.2 Å². The summed E-state index contributed by atoms with van der Waals surface area (Å²) in [6.07, 6.45) is 4.98. The standard InChI is InChI=1S/C11H19NS/c1-9(2)8-13-11-6-4-3-5-10(11)7-12/h9-11H,3-6,8H2,1-2H3. The van der Waals surface area contributed by atoms with Crippen molar-refractivity contribution in [3.63, 3.8) is 0 Å². The molecule has 0 N–H and O–H groups in total. The predicted octanol–water partition coefficient (Wildman–Crippen LogP) is 3.46. The molecule has 74 valence electrons. The van der Waals surface area contributed by atoms with Gasteiger partial charge in [-0.15, -0.1) is 0 Å². The first-order chi connectivity index (χ1) is 6.24. The molecule has 1 aliphatic rings. The van der Waals surface area contributed by atoms with Crippen LogP contribution < -0.4 is 0 Å². The van der Waals surface area contributed by atoms with Gasteiger partial charge in [-0.25, -0.2) is 0 Å². The Hall–Kier alpha value is -0.160. The summed E-state index contributed by atoms with van der Waals surface area (Å²) in [6.45, 7) is 4.49. The Kier molecular flexibility index (Phi) is 4.66. The van der Waals surface area contributed by atoms with Crippen molar-refractivity contribution in [3.05, 3.63) is 0 Å². The number of nitriles is 1. The lowest BCUT2D eigenvalue weighted by molar-refractivity contribution is 0.439. The molecule has 0 aromatic carbocycles. The fourth-order valence-electron chi connectivity index (χ4n) is 1.76. The second-order valence-electron chi connectivity index (χ2n) is 4.29. The maximum atomic E-state index is 8.96. The SMILES string of the molecule is CC(C)CSC1CCCCC1C#N. The van der Waals surface area contributed by atoms with Gasteiger partial charge >= 0.3 is 0 Å². The molecule has 0 aliphatic heterocycles. The lowest BCUT2D eigenvalue weighted by atomic mass is 9.90. The number of hydrogen-bond donors (Lipinski definition) is 0. The molecule has 2 unspecified atom stereocenters. The van der Waals surface area contributed by atoms with Gasteiger partial charge in [0.15, 0.2) is 0 Å². The monoisotopic (exact) mass is 197 g/mol. The van der Waals surface area contributed by atoms with Crippen molar-refractivity contribution in [2.45, 2.75) is 44.8 Å². The van der Waals surface area contributed by atoms with Crippen molar-refractivity contribution in [1.82, 2.24) is 0 Å². The fourth-order valence-corrected chi connectivity index (χ4v) is 3.15. The molecule has 0 radical (unpaired) electrons. The Morgan fingerprint density at radius 1 is 1.38 bits per heavy atom. The average molecular weight is 197 g/mol. The van der Waals surface area contributed by atoms with Gasteiger partial charge in [-0.1, -0.05) is 26.7 Å². The molecular weight excluding hydrogens is 178 g/mol. The van der Waals surface area contributed by atoms with Crippen LogP contribution in [0.4, 0.5) is 0 Å². The van der Waals surface area contributed by atoms with E-state index in [1.54, 1.807) is 0 Å². The fraction of sp³-hybridized carbons (Fsp3) is 0.909. The van der Waals surface area contributed by atoms with E-state index in [1.165, 1.54) is 25.0 Å². The van der Waals surface area contributed by atoms with E-state index in [9.17, 15) is 0 Å². The third-order valence-electron chi connectivity index (χ3n) is 2.51. The number of thioether (sulfide) groups is 1. The Balaban J connectivity index is 2.33. The van der Waals surface area contributed by atoms with Gasteiger partial charge in [0.05, 0.1) is 12.0 Å². The normalized spacial score (nSPS) is 28.8. The van der Waals surface area contributed by atoms with Gasteiger partial charge in [0.25, 0.3) is 0 Å². The summed E-state index contributed by atoms with van der Waals surface area (Å²) in [6, 6.07) is 2.46. The minimum Gasteiger partial charge on any atom is -0.198 e. The highest BCUT2D eigenvalue weighted by Crippen LogP contribution is 2.33. The molecule has 1 rings (SSSR count). The molecule has 1 saturated carbocycles. The largest absolute Gasteiger partial charge is 0.198 e. The Morgan fingerprint density at radius 3 is 2.69 bits per heavy atom. The van der Waals surface area contributed by atoms with Gasteiger partial charge in [0, 0.05) is 5.25 Å². The second kappa shape index (κ2) is 5.54. The maximum Gasteiger partial charge on any atom is 0.0667 e. The predicted molar refractivity (Wildman–Crippen MR) is 58.7 cm³/mol. The van der Waals surface area contributed by atoms with Crippen molar-refractivity contribution < 1.29 is 0 Å². The van der Waals surface area contributed by atoms with Crippen LogP contribution in [-0.2, 0) is 0 Å². The van der Waals surface area contributed by atoms with Crippen molar-refractivity contribution in [3.8, 4) is 6.07 Å². The highest BCUT2D eigenvalue weighted by atomic mass is 32.2. The molecule has 0 spiro atoms. The Labute approximate surface area is 85.9 Å². The van der Waals surface area contributed by atoms with Crippen molar-refractivity contribution >= 4 is 11.8 Å². The van der Waals surface area contributed by atoms with Gasteiger partial charge in [-0.3, -0.25) is 0 Å². The van der Waals surface area contributed by atoms with Crippen LogP contribution in [0.2, 0.25) is 0 Å². The molecule has 1 nitrogen and oxygen atoms in total. The molecule has 0 aromatic heterocycles. The van der Waals surface area contributed by atoms with Gasteiger partial charge in [-0.2, -0.15) is 17.0 Å². The smallest absolute Gasteiger partial charge is 0.0667 e. The van der Waals surface area contributed by atoms with Crippen LogP contribution in [0.15, 0.2) is 0 Å². The molecule has 0 aromatic rings. The molecule has 0 amide bonds. The van der Waals surface area contributed by atoms with Crippen LogP contribution >= 0.6 is 11.8 Å². The zero-order valence-corrected chi connectivity index (χ0v) is 9.44. The van der Waals surface area contributed by atoms with Crippen molar-refractivity contribution in [1.29, 1.82) is 5.26 Å². The molecular formula is C11H19NS. The molecule has 13 heavy (non-hydrogen) atoms. The lowest BCUT2D eigenvalue weighted by Crippen LogP contribution is -2.21. The third-order valence-corrected chi connectivity index (χ3v) is 4.36. The number of rotatable bonds is 3. The quantitative estimate of drug-likeness (QED) is 0.692. The minimum atomic E-state index is 0.331. The Morgan fingerprint density at radius 2 is 2.08 bits per heavy atom. The summed E-state index contributed by atoms with van der Waals surface area (Å²) >= 11 is 2.02. The van der Waals surface area contributed by atoms with E-state index in [0.717, 1.165) is 12.3 Å². The van der Waals surface area contributed by atoms with Crippen LogP contribution in [-0.4, -0.2) is 11.0 Å². The van der Waals surface area contributed by atoms with E-state index in [2.05, 4.69) is 19.9 Å². The molecule has 0 saturated heterocycles. The Bertz CT molecular complexity index is 183. The minimum absolute atomic E-state index is 0.331. The number of nitrogens with zero attached hydrogens (tertiary/aromatic N) is 1. The summed E-state index contributed by atoms with van der Waals surface area (Å²) in [5, 5.41) is 9.59. The molecule has 2 heteroatoms. The van der Waals surface area contributed by atoms with Gasteiger partial charge < -0.3 is 0 Å². The molecule has 1 aliphatic carbocycles. The second-order valence-corrected chi connectivity index (χ2v) is 5.56. The highest BCUT2D eigenvalue weighted by Gasteiger charge is 2.24. The summed E-state index contributed by atoms with van der Waals surface area (Å²) < 4.78 is 0. The molecule has 0 heterocycles. The van der Waals surface area contributed by atoms with Gasteiger partial charge in [0.2, 0.25) is 0 Å². The van der Waals surface area contributed by atoms with E-state index < -0.39 is 0 Å². The van der Waals surface area contributed by atoms with Gasteiger partial charge in [0.1, 0.15) is 0 Å². The number of hydrogen-bond acceptors (Lipinski definition) is 2. The van der Waals surface area contributed by atoms with E-state index in [0.29, 0.717) is 11.2 Å². The molecule has 0 bridgehead atoms. The highest BCUT2D eigenvalue weighted by molar-refractivity contribution is 7.99. The lowest BCUT2D eigenvalue weighted by Gasteiger charge is -2.26. The first-order valence-electron chi connectivity index (χ1n) is 5.25. The molecule has 1 fully saturated rings. The van der Waals surface area contributed by atoms with Crippen LogP contribution in [0.3, 0.4) is 0 Å². The van der Waals surface area contributed by atoms with Gasteiger partial charge in [-0.05, 0) is 24.5 Å². The third kappa shape index (κ3) is 3.60. The van der Waals surface area contributed by atoms with E-state index >= 15 is 0 Å². The summed E-state index contributed by atoms with van der Waals surface area (Å²) in [7, 11) is 0. The van der Waals surface area contributed by atoms with Crippen LogP contribution in [0.1, 0.15) is 39.5 Å². The van der Waals surface area contributed by atoms with E-state index in [4.69, 9.17) is 5.26 Å². The first kappa shape index (κ1) is 10.9.